The first kappa shape index (κ1) is 13.9. The molecular weight excluding hydrogens is 245 g/mol. The predicted octanol–water partition coefficient (Wildman–Crippen LogP) is 2.83. The lowest BCUT2D eigenvalue weighted by molar-refractivity contribution is -0.0426. The zero-order chi connectivity index (χ0) is 13.0. The quantitative estimate of drug-likeness (QED) is 0.902. The molecule has 0 aliphatic carbocycles. The minimum atomic E-state index is -0.877. The number of hydrogen-bond donors (Lipinski definition) is 1. The van der Waals surface area contributed by atoms with Crippen molar-refractivity contribution in [2.24, 2.45) is 0 Å². The van der Waals surface area contributed by atoms with Gasteiger partial charge in [-0.15, -0.1) is 0 Å². The number of rotatable bonds is 4. The van der Waals surface area contributed by atoms with Crippen LogP contribution in [0.2, 0.25) is 5.02 Å². The molecule has 3 unspecified atom stereocenters. The maximum atomic E-state index is 13.0. The molecule has 0 fully saturated rings. The first-order valence-electron chi connectivity index (χ1n) is 5.13. The van der Waals surface area contributed by atoms with E-state index in [2.05, 4.69) is 0 Å². The Labute approximate surface area is 104 Å². The van der Waals surface area contributed by atoms with Crippen LogP contribution in [0.1, 0.15) is 25.5 Å². The van der Waals surface area contributed by atoms with E-state index in [0.717, 1.165) is 0 Å². The molecule has 0 bridgehead atoms. The van der Waals surface area contributed by atoms with Crippen molar-refractivity contribution in [3.63, 3.8) is 0 Å². The van der Waals surface area contributed by atoms with E-state index < -0.39 is 24.1 Å². The van der Waals surface area contributed by atoms with E-state index in [9.17, 15) is 9.50 Å². The maximum Gasteiger partial charge on any atom is 0.169 e. The zero-order valence-electron chi connectivity index (χ0n) is 9.52. The van der Waals surface area contributed by atoms with Crippen molar-refractivity contribution in [1.29, 1.82) is 5.26 Å². The fourth-order valence-electron chi connectivity index (χ4n) is 1.19. The molecule has 17 heavy (non-hydrogen) atoms. The van der Waals surface area contributed by atoms with Crippen LogP contribution in [-0.2, 0) is 4.74 Å². The van der Waals surface area contributed by atoms with Gasteiger partial charge in [0.05, 0.1) is 23.3 Å². The first-order valence-corrected chi connectivity index (χ1v) is 5.51. The number of nitrogens with zero attached hydrogens (tertiary/aromatic N) is 1. The molecule has 0 heterocycles. The topological polar surface area (TPSA) is 53.2 Å². The Bertz CT molecular complexity index is 431. The van der Waals surface area contributed by atoms with E-state index in [1.165, 1.54) is 18.2 Å². The molecular formula is C12H13ClFNO2. The van der Waals surface area contributed by atoms with Crippen molar-refractivity contribution in [1.82, 2.24) is 0 Å². The molecule has 3 atom stereocenters. The highest BCUT2D eigenvalue weighted by Crippen LogP contribution is 2.24. The van der Waals surface area contributed by atoms with Crippen LogP contribution < -0.4 is 0 Å². The minimum absolute atomic E-state index is 0.0592. The summed E-state index contributed by atoms with van der Waals surface area (Å²) < 4.78 is 18.3. The maximum absolute atomic E-state index is 13.0. The average molecular weight is 258 g/mol. The first-order chi connectivity index (χ1) is 7.95. The molecule has 0 amide bonds. The van der Waals surface area contributed by atoms with E-state index in [4.69, 9.17) is 21.6 Å². The van der Waals surface area contributed by atoms with Gasteiger partial charge in [-0.05, 0) is 31.5 Å². The van der Waals surface area contributed by atoms with E-state index in [1.807, 2.05) is 6.07 Å². The van der Waals surface area contributed by atoms with Crippen LogP contribution in [-0.4, -0.2) is 17.3 Å². The fourth-order valence-corrected chi connectivity index (χ4v) is 1.38. The van der Waals surface area contributed by atoms with Crippen molar-refractivity contribution in [2.45, 2.75) is 32.2 Å². The summed E-state index contributed by atoms with van der Waals surface area (Å²) in [4.78, 5) is 0. The van der Waals surface area contributed by atoms with Gasteiger partial charge in [0.15, 0.2) is 6.10 Å². The van der Waals surface area contributed by atoms with E-state index in [1.54, 1.807) is 13.8 Å². The van der Waals surface area contributed by atoms with Crippen molar-refractivity contribution in [2.75, 3.05) is 0 Å². The average Bonchev–Trinajstić information content (AvgIpc) is 2.29. The third kappa shape index (κ3) is 3.67. The van der Waals surface area contributed by atoms with Gasteiger partial charge in [-0.1, -0.05) is 17.7 Å². The van der Waals surface area contributed by atoms with E-state index in [0.29, 0.717) is 5.56 Å². The summed E-state index contributed by atoms with van der Waals surface area (Å²) in [6.07, 6.45) is -2.07. The Morgan fingerprint density at radius 1 is 1.47 bits per heavy atom. The van der Waals surface area contributed by atoms with Crippen molar-refractivity contribution < 1.29 is 14.2 Å². The van der Waals surface area contributed by atoms with E-state index in [-0.39, 0.29) is 5.02 Å². The molecule has 5 heteroatoms. The molecule has 1 N–H and O–H groups in total. The summed E-state index contributed by atoms with van der Waals surface area (Å²) in [7, 11) is 0. The van der Waals surface area contributed by atoms with Crippen LogP contribution in [0.3, 0.4) is 0 Å². The highest BCUT2D eigenvalue weighted by molar-refractivity contribution is 6.30. The summed E-state index contributed by atoms with van der Waals surface area (Å²) in [6.45, 7) is 3.22. The Hall–Kier alpha value is -1.15. The highest BCUT2D eigenvalue weighted by Gasteiger charge is 2.19. The normalized spacial score (nSPS) is 16.0. The van der Waals surface area contributed by atoms with Gasteiger partial charge >= 0.3 is 0 Å². The Morgan fingerprint density at radius 2 is 2.12 bits per heavy atom. The molecule has 0 saturated heterocycles. The van der Waals surface area contributed by atoms with Crippen LogP contribution in [0, 0.1) is 17.1 Å². The van der Waals surface area contributed by atoms with Crippen LogP contribution >= 0.6 is 11.6 Å². The van der Waals surface area contributed by atoms with E-state index >= 15 is 0 Å². The van der Waals surface area contributed by atoms with Gasteiger partial charge in [0, 0.05) is 0 Å². The second-order valence-corrected chi connectivity index (χ2v) is 4.17. The minimum Gasteiger partial charge on any atom is -0.391 e. The molecule has 0 aliphatic rings. The second kappa shape index (κ2) is 5.97. The molecule has 0 aromatic heterocycles. The number of hydrogen-bond acceptors (Lipinski definition) is 3. The van der Waals surface area contributed by atoms with Crippen molar-refractivity contribution >= 4 is 11.6 Å². The number of aliphatic hydroxyl groups excluding tert-OH is 1. The molecule has 0 saturated carbocycles. The van der Waals surface area contributed by atoms with Gasteiger partial charge in [0.2, 0.25) is 0 Å². The molecule has 0 aliphatic heterocycles. The summed E-state index contributed by atoms with van der Waals surface area (Å²) in [6, 6.07) is 5.90. The third-order valence-corrected chi connectivity index (χ3v) is 2.68. The molecule has 92 valence electrons. The third-order valence-electron chi connectivity index (χ3n) is 2.39. The summed E-state index contributed by atoms with van der Waals surface area (Å²) in [5.41, 5.74) is 0.464. The standard InChI is InChI=1S/C12H13ClFNO2/c1-7(16)8(2)17-12(6-15)9-3-4-11(14)10(13)5-9/h3-5,7-8,12,16H,1-2H3. The smallest absolute Gasteiger partial charge is 0.169 e. The molecule has 1 aromatic carbocycles. The van der Waals surface area contributed by atoms with Crippen LogP contribution in [0.15, 0.2) is 18.2 Å². The Kier molecular flexibility index (Phi) is 4.88. The summed E-state index contributed by atoms with van der Waals surface area (Å²) >= 11 is 5.62. The SMILES string of the molecule is CC(O)C(C)OC(C#N)c1ccc(F)c(Cl)c1. The van der Waals surface area contributed by atoms with Gasteiger partial charge in [-0.3, -0.25) is 0 Å². The summed E-state index contributed by atoms with van der Waals surface area (Å²) in [5, 5.41) is 18.2. The lowest BCUT2D eigenvalue weighted by atomic mass is 10.1. The molecule has 1 rings (SSSR count). The fraction of sp³-hybridized carbons (Fsp3) is 0.417. The van der Waals surface area contributed by atoms with Crippen LogP contribution in [0.25, 0.3) is 0 Å². The van der Waals surface area contributed by atoms with Gasteiger partial charge in [0.1, 0.15) is 5.82 Å². The van der Waals surface area contributed by atoms with Gasteiger partial charge in [0.25, 0.3) is 0 Å². The number of benzene rings is 1. The highest BCUT2D eigenvalue weighted by atomic mass is 35.5. The Balaban J connectivity index is 2.87. The number of ether oxygens (including phenoxy) is 1. The van der Waals surface area contributed by atoms with Crippen molar-refractivity contribution in [3.8, 4) is 6.07 Å². The van der Waals surface area contributed by atoms with Crippen LogP contribution in [0.4, 0.5) is 4.39 Å². The molecule has 0 spiro atoms. The number of halogens is 2. The number of nitriles is 1. The molecule has 3 nitrogen and oxygen atoms in total. The van der Waals surface area contributed by atoms with Crippen LogP contribution in [0.5, 0.6) is 0 Å². The number of aliphatic hydroxyl groups is 1. The largest absolute Gasteiger partial charge is 0.391 e. The van der Waals surface area contributed by atoms with Gasteiger partial charge in [-0.25, -0.2) is 4.39 Å². The lowest BCUT2D eigenvalue weighted by Crippen LogP contribution is -2.24. The monoisotopic (exact) mass is 257 g/mol. The second-order valence-electron chi connectivity index (χ2n) is 3.76. The predicted molar refractivity (Wildman–Crippen MR) is 62.0 cm³/mol. The lowest BCUT2D eigenvalue weighted by Gasteiger charge is -2.19. The van der Waals surface area contributed by atoms with Crippen molar-refractivity contribution in [3.05, 3.63) is 34.6 Å². The summed E-state index contributed by atoms with van der Waals surface area (Å²) in [5.74, 6) is -0.546. The zero-order valence-corrected chi connectivity index (χ0v) is 10.3. The molecule has 1 aromatic rings. The Morgan fingerprint density at radius 3 is 2.59 bits per heavy atom. The van der Waals surface area contributed by atoms with Gasteiger partial charge < -0.3 is 9.84 Å². The van der Waals surface area contributed by atoms with Gasteiger partial charge in [-0.2, -0.15) is 5.26 Å². The molecule has 0 radical (unpaired) electrons.